The van der Waals surface area contributed by atoms with Gasteiger partial charge in [0, 0.05) is 5.02 Å². The summed E-state index contributed by atoms with van der Waals surface area (Å²) >= 11 is 6.04. The number of aryl methyl sites for hydroxylation is 1. The van der Waals surface area contributed by atoms with Crippen LogP contribution in [0.2, 0.25) is 5.02 Å². The molecule has 0 heterocycles. The van der Waals surface area contributed by atoms with Crippen molar-refractivity contribution < 1.29 is 0 Å². The molecule has 1 heteroatoms. The molecule has 0 aromatic heterocycles. The second-order valence-electron chi connectivity index (χ2n) is 3.79. The molecule has 0 spiro atoms. The van der Waals surface area contributed by atoms with Gasteiger partial charge in [0.05, 0.1) is 0 Å². The van der Waals surface area contributed by atoms with E-state index in [9.17, 15) is 0 Å². The van der Waals surface area contributed by atoms with E-state index >= 15 is 0 Å². The van der Waals surface area contributed by atoms with E-state index in [0.717, 1.165) is 11.4 Å². The predicted molar refractivity (Wildman–Crippen MR) is 71.0 cm³/mol. The molecule has 0 aliphatic heterocycles. The minimum Gasteiger partial charge on any atom is -0.0843 e. The van der Waals surface area contributed by atoms with Gasteiger partial charge in [0.25, 0.3) is 0 Å². The maximum Gasteiger partial charge on any atom is 0.0411 e. The first kappa shape index (κ1) is 14.5. The third-order valence-corrected chi connectivity index (χ3v) is 2.74. The molecule has 0 aliphatic rings. The van der Waals surface area contributed by atoms with E-state index in [1.807, 2.05) is 13.8 Å². The molecule has 15 heavy (non-hydrogen) atoms. The summed E-state index contributed by atoms with van der Waals surface area (Å²) in [5.74, 6) is 0.559. The van der Waals surface area contributed by atoms with Crippen molar-refractivity contribution in [1.29, 1.82) is 0 Å². The molecule has 0 aliphatic carbocycles. The number of halogens is 1. The average Bonchev–Trinajstić information content (AvgIpc) is 2.23. The Morgan fingerprint density at radius 2 is 1.73 bits per heavy atom. The van der Waals surface area contributed by atoms with Crippen LogP contribution in [0.15, 0.2) is 12.1 Å². The van der Waals surface area contributed by atoms with Crippen LogP contribution >= 0.6 is 11.6 Å². The van der Waals surface area contributed by atoms with Crippen molar-refractivity contribution in [3.05, 3.63) is 33.8 Å². The molecule has 0 radical (unpaired) electrons. The number of benzene rings is 1. The van der Waals surface area contributed by atoms with E-state index < -0.39 is 0 Å². The van der Waals surface area contributed by atoms with Crippen LogP contribution in [-0.2, 0) is 6.42 Å². The number of hydrogen-bond donors (Lipinski definition) is 0. The van der Waals surface area contributed by atoms with E-state index in [2.05, 4.69) is 39.8 Å². The molecule has 0 fully saturated rings. The van der Waals surface area contributed by atoms with Crippen LogP contribution in [0.25, 0.3) is 0 Å². The fourth-order valence-corrected chi connectivity index (χ4v) is 1.97. The third kappa shape index (κ3) is 3.87. The molecule has 0 saturated carbocycles. The lowest BCUT2D eigenvalue weighted by Gasteiger charge is -2.13. The highest BCUT2D eigenvalue weighted by molar-refractivity contribution is 6.30. The van der Waals surface area contributed by atoms with Gasteiger partial charge < -0.3 is 0 Å². The van der Waals surface area contributed by atoms with Gasteiger partial charge in [-0.05, 0) is 48.1 Å². The van der Waals surface area contributed by atoms with Crippen molar-refractivity contribution in [1.82, 2.24) is 0 Å². The van der Waals surface area contributed by atoms with Crippen LogP contribution in [0.3, 0.4) is 0 Å². The molecule has 1 aromatic rings. The molecule has 0 bridgehead atoms. The zero-order valence-corrected chi connectivity index (χ0v) is 11.6. The minimum absolute atomic E-state index is 0.559. The first-order valence-electron chi connectivity index (χ1n) is 5.85. The predicted octanol–water partition coefficient (Wildman–Crippen LogP) is 5.36. The van der Waals surface area contributed by atoms with E-state index in [0.29, 0.717) is 5.92 Å². The fourth-order valence-electron chi connectivity index (χ4n) is 1.73. The Bertz CT molecular complexity index is 300. The molecule has 0 N–H and O–H groups in total. The Hall–Kier alpha value is -0.490. The lowest BCUT2D eigenvalue weighted by atomic mass is 9.93. The molecule has 0 atom stereocenters. The Morgan fingerprint density at radius 3 is 2.13 bits per heavy atom. The normalized spacial score (nSPS) is 9.87. The molecule has 0 unspecified atom stereocenters. The van der Waals surface area contributed by atoms with E-state index in [-0.39, 0.29) is 0 Å². The highest BCUT2D eigenvalue weighted by Gasteiger charge is 2.07. The van der Waals surface area contributed by atoms with Crippen molar-refractivity contribution >= 4 is 11.6 Å². The smallest absolute Gasteiger partial charge is 0.0411 e. The van der Waals surface area contributed by atoms with Gasteiger partial charge in [0.1, 0.15) is 0 Å². The van der Waals surface area contributed by atoms with Crippen molar-refractivity contribution in [2.45, 2.75) is 53.9 Å². The summed E-state index contributed by atoms with van der Waals surface area (Å²) in [5.41, 5.74) is 4.16. The summed E-state index contributed by atoms with van der Waals surface area (Å²) < 4.78 is 0. The SMILES string of the molecule is CC.CCc1cc(Cl)cc(C(C)C)c1C. The van der Waals surface area contributed by atoms with Crippen molar-refractivity contribution in [3.63, 3.8) is 0 Å². The van der Waals surface area contributed by atoms with Gasteiger partial charge in [0.2, 0.25) is 0 Å². The summed E-state index contributed by atoms with van der Waals surface area (Å²) in [4.78, 5) is 0. The van der Waals surface area contributed by atoms with Crippen LogP contribution < -0.4 is 0 Å². The third-order valence-electron chi connectivity index (χ3n) is 2.52. The lowest BCUT2D eigenvalue weighted by Crippen LogP contribution is -1.96. The van der Waals surface area contributed by atoms with Crippen molar-refractivity contribution in [2.24, 2.45) is 0 Å². The van der Waals surface area contributed by atoms with Gasteiger partial charge in [-0.25, -0.2) is 0 Å². The standard InChI is InChI=1S/C12H17Cl.C2H6/c1-5-10-6-11(13)7-12(8(2)3)9(10)4;1-2/h6-8H,5H2,1-4H3;1-2H3. The van der Waals surface area contributed by atoms with E-state index in [1.165, 1.54) is 16.7 Å². The fraction of sp³-hybridized carbons (Fsp3) is 0.571. The highest BCUT2D eigenvalue weighted by atomic mass is 35.5. The topological polar surface area (TPSA) is 0 Å². The van der Waals surface area contributed by atoms with Crippen molar-refractivity contribution in [2.75, 3.05) is 0 Å². The molecular weight excluding hydrogens is 204 g/mol. The zero-order chi connectivity index (χ0) is 12.0. The van der Waals surface area contributed by atoms with Gasteiger partial charge in [0.15, 0.2) is 0 Å². The van der Waals surface area contributed by atoms with E-state index in [4.69, 9.17) is 11.6 Å². The molecule has 86 valence electrons. The molecule has 0 saturated heterocycles. The van der Waals surface area contributed by atoms with Crippen LogP contribution in [0, 0.1) is 6.92 Å². The van der Waals surface area contributed by atoms with Gasteiger partial charge in [-0.3, -0.25) is 0 Å². The molecule has 1 rings (SSSR count). The summed E-state index contributed by atoms with van der Waals surface area (Å²) in [5, 5.41) is 0.867. The lowest BCUT2D eigenvalue weighted by molar-refractivity contribution is 0.850. The van der Waals surface area contributed by atoms with Gasteiger partial charge in [-0.1, -0.05) is 46.2 Å². The maximum absolute atomic E-state index is 6.04. The summed E-state index contributed by atoms with van der Waals surface area (Å²) in [7, 11) is 0. The van der Waals surface area contributed by atoms with Crippen LogP contribution in [0.5, 0.6) is 0 Å². The summed E-state index contributed by atoms with van der Waals surface area (Å²) in [6, 6.07) is 4.16. The van der Waals surface area contributed by atoms with Gasteiger partial charge in [-0.15, -0.1) is 0 Å². The average molecular weight is 227 g/mol. The van der Waals surface area contributed by atoms with Crippen LogP contribution in [0.4, 0.5) is 0 Å². The first-order valence-corrected chi connectivity index (χ1v) is 6.23. The second-order valence-corrected chi connectivity index (χ2v) is 4.22. The number of rotatable bonds is 2. The molecule has 0 amide bonds. The number of hydrogen-bond acceptors (Lipinski definition) is 0. The Morgan fingerprint density at radius 1 is 1.20 bits per heavy atom. The van der Waals surface area contributed by atoms with Gasteiger partial charge in [-0.2, -0.15) is 0 Å². The molecule has 1 aromatic carbocycles. The first-order chi connectivity index (χ1) is 7.06. The second kappa shape index (κ2) is 6.90. The van der Waals surface area contributed by atoms with E-state index in [1.54, 1.807) is 0 Å². The highest BCUT2D eigenvalue weighted by Crippen LogP contribution is 2.26. The van der Waals surface area contributed by atoms with Gasteiger partial charge >= 0.3 is 0 Å². The minimum atomic E-state index is 0.559. The molecule has 0 nitrogen and oxygen atoms in total. The summed E-state index contributed by atoms with van der Waals surface area (Å²) in [6.45, 7) is 12.8. The summed E-state index contributed by atoms with van der Waals surface area (Å²) in [6.07, 6.45) is 1.06. The molecular formula is C14H23Cl. The Kier molecular flexibility index (Phi) is 6.67. The monoisotopic (exact) mass is 226 g/mol. The Balaban J connectivity index is 0.000000921. The Labute approximate surface area is 99.7 Å². The maximum atomic E-state index is 6.04. The van der Waals surface area contributed by atoms with Crippen LogP contribution in [-0.4, -0.2) is 0 Å². The van der Waals surface area contributed by atoms with Crippen LogP contribution in [0.1, 0.15) is 57.2 Å². The largest absolute Gasteiger partial charge is 0.0843 e. The van der Waals surface area contributed by atoms with Crippen molar-refractivity contribution in [3.8, 4) is 0 Å². The quantitative estimate of drug-likeness (QED) is 0.637. The zero-order valence-electron chi connectivity index (χ0n) is 10.8.